The zero-order valence-electron chi connectivity index (χ0n) is 9.22. The van der Waals surface area contributed by atoms with Crippen molar-refractivity contribution in [1.82, 2.24) is 9.97 Å². The number of rotatable bonds is 2. The van der Waals surface area contributed by atoms with Crippen LogP contribution in [0, 0.1) is 22.9 Å². The Morgan fingerprint density at radius 2 is 2.11 bits per heavy atom. The molecule has 0 saturated heterocycles. The van der Waals surface area contributed by atoms with E-state index in [0.29, 0.717) is 11.1 Å². The van der Waals surface area contributed by atoms with Crippen molar-refractivity contribution in [2.24, 2.45) is 0 Å². The van der Waals surface area contributed by atoms with Gasteiger partial charge in [-0.05, 0) is 30.7 Å². The molecule has 0 saturated carbocycles. The number of nitrogens with zero attached hydrogens (tertiary/aromatic N) is 3. The highest BCUT2D eigenvalue weighted by Gasteiger charge is 2.23. The average molecular weight is 268 g/mol. The Labute approximate surface area is 106 Å². The quantitative estimate of drug-likeness (QED) is 0.476. The van der Waals surface area contributed by atoms with Gasteiger partial charge in [0.05, 0.1) is 4.92 Å². The first-order valence-electron chi connectivity index (χ1n) is 4.92. The van der Waals surface area contributed by atoms with Crippen LogP contribution in [-0.4, -0.2) is 14.9 Å². The molecule has 0 amide bonds. The molecule has 7 heteroatoms. The van der Waals surface area contributed by atoms with E-state index >= 15 is 0 Å². The molecule has 0 unspecified atom stereocenters. The molecule has 0 bridgehead atoms. The highest BCUT2D eigenvalue weighted by molar-refractivity contribution is 6.31. The van der Waals surface area contributed by atoms with E-state index in [1.165, 1.54) is 18.2 Å². The third-order valence-electron chi connectivity index (χ3n) is 2.40. The third kappa shape index (κ3) is 2.14. The van der Waals surface area contributed by atoms with Gasteiger partial charge in [0, 0.05) is 5.56 Å². The van der Waals surface area contributed by atoms with Crippen molar-refractivity contribution in [3.05, 3.63) is 51.2 Å². The van der Waals surface area contributed by atoms with Gasteiger partial charge >= 0.3 is 5.69 Å². The molecule has 0 spiro atoms. The van der Waals surface area contributed by atoms with Gasteiger partial charge in [0.15, 0.2) is 5.69 Å². The Kier molecular flexibility index (Phi) is 3.20. The molecule has 0 atom stereocenters. The van der Waals surface area contributed by atoms with Crippen molar-refractivity contribution in [2.75, 3.05) is 0 Å². The largest absolute Gasteiger partial charge is 0.332 e. The molecule has 0 radical (unpaired) electrons. The molecular formula is C11H7ClFN3O2. The minimum absolute atomic E-state index is 0.0810. The predicted molar refractivity (Wildman–Crippen MR) is 63.8 cm³/mol. The molecule has 0 aliphatic heterocycles. The van der Waals surface area contributed by atoms with Crippen molar-refractivity contribution in [3.63, 3.8) is 0 Å². The van der Waals surface area contributed by atoms with Crippen LogP contribution in [0.2, 0.25) is 5.15 Å². The lowest BCUT2D eigenvalue weighted by Crippen LogP contribution is -1.99. The van der Waals surface area contributed by atoms with Gasteiger partial charge in [0.25, 0.3) is 0 Å². The first kappa shape index (κ1) is 12.4. The number of aryl methyl sites for hydroxylation is 1. The molecule has 1 heterocycles. The van der Waals surface area contributed by atoms with E-state index in [0.717, 1.165) is 6.33 Å². The maximum atomic E-state index is 13.0. The van der Waals surface area contributed by atoms with Crippen LogP contribution >= 0.6 is 11.6 Å². The van der Waals surface area contributed by atoms with E-state index in [2.05, 4.69) is 9.97 Å². The summed E-state index contributed by atoms with van der Waals surface area (Å²) in [5.41, 5.74) is 0.687. The van der Waals surface area contributed by atoms with Gasteiger partial charge < -0.3 is 0 Å². The molecule has 1 aromatic heterocycles. The van der Waals surface area contributed by atoms with Gasteiger partial charge in [0.2, 0.25) is 5.15 Å². The number of benzene rings is 1. The van der Waals surface area contributed by atoms with Crippen molar-refractivity contribution in [2.45, 2.75) is 6.92 Å². The van der Waals surface area contributed by atoms with Crippen LogP contribution in [0.1, 0.15) is 5.56 Å². The molecule has 18 heavy (non-hydrogen) atoms. The first-order valence-corrected chi connectivity index (χ1v) is 5.30. The van der Waals surface area contributed by atoms with Crippen LogP contribution < -0.4 is 0 Å². The number of hydrogen-bond donors (Lipinski definition) is 0. The van der Waals surface area contributed by atoms with Gasteiger partial charge in [-0.25, -0.2) is 14.4 Å². The summed E-state index contributed by atoms with van der Waals surface area (Å²) in [6.07, 6.45) is 1.13. The van der Waals surface area contributed by atoms with Crippen molar-refractivity contribution < 1.29 is 9.31 Å². The highest BCUT2D eigenvalue weighted by atomic mass is 35.5. The molecule has 0 aliphatic carbocycles. The Hall–Kier alpha value is -2.08. The second-order valence-corrected chi connectivity index (χ2v) is 3.94. The summed E-state index contributed by atoms with van der Waals surface area (Å²) in [6, 6.07) is 3.91. The minimum atomic E-state index is -0.652. The second-order valence-electron chi connectivity index (χ2n) is 3.58. The normalized spacial score (nSPS) is 10.4. The molecule has 2 rings (SSSR count). The predicted octanol–water partition coefficient (Wildman–Crippen LogP) is 3.15. The summed E-state index contributed by atoms with van der Waals surface area (Å²) >= 11 is 5.69. The Balaban J connectivity index is 2.71. The van der Waals surface area contributed by atoms with E-state index in [4.69, 9.17) is 11.6 Å². The Morgan fingerprint density at radius 1 is 1.39 bits per heavy atom. The molecule has 5 nitrogen and oxygen atoms in total. The summed E-state index contributed by atoms with van der Waals surface area (Å²) in [4.78, 5) is 17.7. The summed E-state index contributed by atoms with van der Waals surface area (Å²) in [6.45, 7) is 1.64. The van der Waals surface area contributed by atoms with Crippen molar-refractivity contribution in [3.8, 4) is 11.3 Å². The van der Waals surface area contributed by atoms with E-state index in [1.807, 2.05) is 0 Å². The van der Waals surface area contributed by atoms with Crippen molar-refractivity contribution in [1.29, 1.82) is 0 Å². The number of aromatic nitrogens is 2. The van der Waals surface area contributed by atoms with Gasteiger partial charge in [0.1, 0.15) is 12.1 Å². The smallest absolute Gasteiger partial charge is 0.258 e. The summed E-state index contributed by atoms with van der Waals surface area (Å²) in [7, 11) is 0. The van der Waals surface area contributed by atoms with Crippen LogP contribution in [0.5, 0.6) is 0 Å². The zero-order chi connectivity index (χ0) is 13.3. The number of nitro groups is 1. The van der Waals surface area contributed by atoms with Crippen LogP contribution in [0.4, 0.5) is 10.1 Å². The monoisotopic (exact) mass is 267 g/mol. The molecule has 2 aromatic rings. The Morgan fingerprint density at radius 3 is 2.72 bits per heavy atom. The lowest BCUT2D eigenvalue weighted by molar-refractivity contribution is -0.384. The van der Waals surface area contributed by atoms with Crippen LogP contribution in [0.25, 0.3) is 11.3 Å². The fourth-order valence-corrected chi connectivity index (χ4v) is 1.81. The molecule has 0 fully saturated rings. The second kappa shape index (κ2) is 4.66. The molecule has 92 valence electrons. The standard InChI is InChI=1S/C11H7ClFN3O2/c1-6-4-7(13)2-3-8(6)9-10(16(17)18)11(12)15-5-14-9/h2-5H,1H3. The van der Waals surface area contributed by atoms with E-state index in [1.54, 1.807) is 6.92 Å². The third-order valence-corrected chi connectivity index (χ3v) is 2.68. The highest BCUT2D eigenvalue weighted by Crippen LogP contribution is 2.34. The van der Waals surface area contributed by atoms with Crippen molar-refractivity contribution >= 4 is 17.3 Å². The minimum Gasteiger partial charge on any atom is -0.258 e. The fourth-order valence-electron chi connectivity index (χ4n) is 1.61. The molecule has 1 aromatic carbocycles. The van der Waals surface area contributed by atoms with Crippen LogP contribution in [0.15, 0.2) is 24.5 Å². The molecule has 0 aliphatic rings. The van der Waals surface area contributed by atoms with Crippen LogP contribution in [0.3, 0.4) is 0 Å². The van der Waals surface area contributed by atoms with Gasteiger partial charge in [-0.2, -0.15) is 0 Å². The number of halogens is 2. The van der Waals surface area contributed by atoms with Crippen LogP contribution in [-0.2, 0) is 0 Å². The average Bonchev–Trinajstić information content (AvgIpc) is 2.28. The SMILES string of the molecule is Cc1cc(F)ccc1-c1ncnc(Cl)c1[N+](=O)[O-]. The Bertz CT molecular complexity index is 634. The van der Waals surface area contributed by atoms with Gasteiger partial charge in [-0.3, -0.25) is 10.1 Å². The lowest BCUT2D eigenvalue weighted by atomic mass is 10.0. The van der Waals surface area contributed by atoms with Gasteiger partial charge in [-0.1, -0.05) is 11.6 Å². The zero-order valence-corrected chi connectivity index (χ0v) is 9.98. The van der Waals surface area contributed by atoms with E-state index < -0.39 is 10.7 Å². The van der Waals surface area contributed by atoms with E-state index in [9.17, 15) is 14.5 Å². The topological polar surface area (TPSA) is 68.9 Å². The number of hydrogen-bond acceptors (Lipinski definition) is 4. The summed E-state index contributed by atoms with van der Waals surface area (Å²) in [5.74, 6) is -0.418. The molecule has 0 N–H and O–H groups in total. The lowest BCUT2D eigenvalue weighted by Gasteiger charge is -2.06. The molecular weight excluding hydrogens is 261 g/mol. The van der Waals surface area contributed by atoms with Gasteiger partial charge in [-0.15, -0.1) is 0 Å². The maximum Gasteiger partial charge on any atom is 0.332 e. The first-order chi connectivity index (χ1) is 8.50. The van der Waals surface area contributed by atoms with E-state index in [-0.39, 0.29) is 16.5 Å². The summed E-state index contributed by atoms with van der Waals surface area (Å²) < 4.78 is 13.0. The fraction of sp³-hybridized carbons (Fsp3) is 0.0909. The maximum absolute atomic E-state index is 13.0. The summed E-state index contributed by atoms with van der Waals surface area (Å²) in [5, 5.41) is 10.7.